The van der Waals surface area contributed by atoms with Crippen LogP contribution in [0, 0.1) is 0 Å². The van der Waals surface area contributed by atoms with Crippen LogP contribution >= 0.6 is 11.8 Å². The number of nitrogens with zero attached hydrogens (tertiary/aromatic N) is 4. The predicted octanol–water partition coefficient (Wildman–Crippen LogP) is 4.24. The minimum absolute atomic E-state index is 0.0636. The van der Waals surface area contributed by atoms with Crippen LogP contribution in [-0.2, 0) is 17.0 Å². The summed E-state index contributed by atoms with van der Waals surface area (Å²) < 4.78 is 7.50. The number of thioether (sulfide) groups is 1. The lowest BCUT2D eigenvalue weighted by atomic mass is 10.1. The van der Waals surface area contributed by atoms with Crippen molar-refractivity contribution in [2.45, 2.75) is 17.5 Å². The molecule has 5 rings (SSSR count). The van der Waals surface area contributed by atoms with Crippen LogP contribution in [0.3, 0.4) is 0 Å². The third kappa shape index (κ3) is 4.54. The first-order valence-corrected chi connectivity index (χ1v) is 11.7. The van der Waals surface area contributed by atoms with Gasteiger partial charge in [-0.05, 0) is 35.4 Å². The van der Waals surface area contributed by atoms with Gasteiger partial charge in [0.15, 0.2) is 10.8 Å². The van der Waals surface area contributed by atoms with Crippen molar-refractivity contribution in [2.24, 2.45) is 0 Å². The van der Waals surface area contributed by atoms with Gasteiger partial charge >= 0.3 is 0 Å². The molecule has 1 amide bonds. The lowest BCUT2D eigenvalue weighted by Gasteiger charge is -2.26. The highest BCUT2D eigenvalue weighted by Gasteiger charge is 2.18. The standard InChI is InChI=1S/C25H24N4O2S/c30-24(28-13-15-31-16-14-28)21-10-8-19(9-11-21)17-29-23-22(7-4-12-26-23)27-25(29)32-18-20-5-2-1-3-6-20/h1-12H,13-18H2. The molecule has 3 heterocycles. The average molecular weight is 445 g/mol. The van der Waals surface area contributed by atoms with Gasteiger partial charge in [0.25, 0.3) is 5.91 Å². The molecule has 1 aliphatic rings. The smallest absolute Gasteiger partial charge is 0.254 e. The van der Waals surface area contributed by atoms with Gasteiger partial charge in [0.2, 0.25) is 0 Å². The second kappa shape index (κ2) is 9.54. The second-order valence-corrected chi connectivity index (χ2v) is 8.64. The van der Waals surface area contributed by atoms with E-state index in [1.54, 1.807) is 18.0 Å². The molecule has 4 aromatic rings. The van der Waals surface area contributed by atoms with E-state index in [1.807, 2.05) is 47.4 Å². The molecule has 2 aromatic heterocycles. The monoisotopic (exact) mass is 444 g/mol. The van der Waals surface area contributed by atoms with Crippen molar-refractivity contribution >= 4 is 28.8 Å². The summed E-state index contributed by atoms with van der Waals surface area (Å²) in [6, 6.07) is 22.2. The molecule has 0 spiro atoms. The van der Waals surface area contributed by atoms with Crippen LogP contribution in [0.5, 0.6) is 0 Å². The van der Waals surface area contributed by atoms with Gasteiger partial charge in [0, 0.05) is 30.6 Å². The number of ether oxygens (including phenoxy) is 1. The predicted molar refractivity (Wildman–Crippen MR) is 126 cm³/mol. The molecular weight excluding hydrogens is 420 g/mol. The summed E-state index contributed by atoms with van der Waals surface area (Å²) in [4.78, 5) is 24.0. The van der Waals surface area contributed by atoms with Crippen LogP contribution in [0.15, 0.2) is 78.1 Å². The summed E-state index contributed by atoms with van der Waals surface area (Å²) in [6.45, 7) is 3.16. The van der Waals surface area contributed by atoms with E-state index in [0.717, 1.165) is 27.6 Å². The molecule has 32 heavy (non-hydrogen) atoms. The Morgan fingerprint density at radius 2 is 1.72 bits per heavy atom. The molecule has 162 valence electrons. The van der Waals surface area contributed by atoms with Crippen LogP contribution in [0.25, 0.3) is 11.2 Å². The minimum Gasteiger partial charge on any atom is -0.378 e. The number of fused-ring (bicyclic) bond motifs is 1. The lowest BCUT2D eigenvalue weighted by Crippen LogP contribution is -2.40. The van der Waals surface area contributed by atoms with Gasteiger partial charge in [-0.2, -0.15) is 0 Å². The number of amides is 1. The van der Waals surface area contributed by atoms with Crippen LogP contribution < -0.4 is 0 Å². The van der Waals surface area contributed by atoms with Crippen LogP contribution in [0.1, 0.15) is 21.5 Å². The summed E-state index contributed by atoms with van der Waals surface area (Å²) >= 11 is 1.71. The number of hydrogen-bond acceptors (Lipinski definition) is 5. The van der Waals surface area contributed by atoms with Crippen molar-refractivity contribution in [1.82, 2.24) is 19.4 Å². The fraction of sp³-hybridized carbons (Fsp3) is 0.240. The molecule has 2 aromatic carbocycles. The minimum atomic E-state index is 0.0636. The third-order valence-electron chi connectivity index (χ3n) is 5.52. The molecule has 0 saturated carbocycles. The van der Waals surface area contributed by atoms with Gasteiger partial charge in [-0.3, -0.25) is 9.36 Å². The van der Waals surface area contributed by atoms with Crippen molar-refractivity contribution < 1.29 is 9.53 Å². The van der Waals surface area contributed by atoms with Crippen molar-refractivity contribution in [2.75, 3.05) is 26.3 Å². The van der Waals surface area contributed by atoms with Crippen LogP contribution in [0.2, 0.25) is 0 Å². The Balaban J connectivity index is 1.36. The number of hydrogen-bond donors (Lipinski definition) is 0. The highest BCUT2D eigenvalue weighted by atomic mass is 32.2. The number of morpholine rings is 1. The molecule has 1 aliphatic heterocycles. The molecule has 1 saturated heterocycles. The zero-order chi connectivity index (χ0) is 21.8. The first kappa shape index (κ1) is 20.7. The molecule has 0 bridgehead atoms. The molecule has 1 fully saturated rings. The molecule has 0 N–H and O–H groups in total. The quantitative estimate of drug-likeness (QED) is 0.416. The highest BCUT2D eigenvalue weighted by Crippen LogP contribution is 2.27. The van der Waals surface area contributed by atoms with Gasteiger partial charge in [-0.15, -0.1) is 0 Å². The second-order valence-electron chi connectivity index (χ2n) is 7.70. The van der Waals surface area contributed by atoms with Gasteiger partial charge in [-0.1, -0.05) is 54.2 Å². The third-order valence-corrected chi connectivity index (χ3v) is 6.57. The van der Waals surface area contributed by atoms with E-state index < -0.39 is 0 Å². The molecule has 7 heteroatoms. The normalized spacial score (nSPS) is 14.1. The summed E-state index contributed by atoms with van der Waals surface area (Å²) in [7, 11) is 0. The number of carbonyl (C=O) groups is 1. The first-order chi connectivity index (χ1) is 15.8. The van der Waals surface area contributed by atoms with E-state index in [4.69, 9.17) is 9.72 Å². The first-order valence-electron chi connectivity index (χ1n) is 10.7. The van der Waals surface area contributed by atoms with E-state index in [9.17, 15) is 4.79 Å². The maximum atomic E-state index is 12.7. The number of rotatable bonds is 6. The SMILES string of the molecule is O=C(c1ccc(Cn2c(SCc3ccccc3)nc3cccnc32)cc1)N1CCOCC1. The summed E-state index contributed by atoms with van der Waals surface area (Å²) in [5.74, 6) is 0.908. The lowest BCUT2D eigenvalue weighted by molar-refractivity contribution is 0.0303. The van der Waals surface area contributed by atoms with Crippen LogP contribution in [0.4, 0.5) is 0 Å². The molecule has 0 radical (unpaired) electrons. The fourth-order valence-electron chi connectivity index (χ4n) is 3.80. The number of carbonyl (C=O) groups excluding carboxylic acids is 1. The Labute approximate surface area is 191 Å². The van der Waals surface area contributed by atoms with E-state index in [-0.39, 0.29) is 5.91 Å². The largest absolute Gasteiger partial charge is 0.378 e. The molecular formula is C25H24N4O2S. The molecule has 0 atom stereocenters. The Kier molecular flexibility index (Phi) is 6.18. The number of aromatic nitrogens is 3. The molecule has 0 aliphatic carbocycles. The van der Waals surface area contributed by atoms with E-state index in [0.29, 0.717) is 38.4 Å². The Morgan fingerprint density at radius 1 is 0.938 bits per heavy atom. The summed E-state index contributed by atoms with van der Waals surface area (Å²) in [5, 5.41) is 0.941. The zero-order valence-corrected chi connectivity index (χ0v) is 18.5. The summed E-state index contributed by atoms with van der Waals surface area (Å²) in [5.41, 5.74) is 4.84. The Hall–Kier alpha value is -3.16. The Morgan fingerprint density at radius 3 is 2.50 bits per heavy atom. The van der Waals surface area contributed by atoms with Crippen molar-refractivity contribution in [3.05, 3.63) is 89.6 Å². The van der Waals surface area contributed by atoms with E-state index in [2.05, 4.69) is 33.8 Å². The van der Waals surface area contributed by atoms with Gasteiger partial charge < -0.3 is 9.64 Å². The highest BCUT2D eigenvalue weighted by molar-refractivity contribution is 7.98. The molecule has 6 nitrogen and oxygen atoms in total. The topological polar surface area (TPSA) is 60.2 Å². The van der Waals surface area contributed by atoms with Crippen molar-refractivity contribution in [3.8, 4) is 0 Å². The number of imidazole rings is 1. The van der Waals surface area contributed by atoms with Crippen molar-refractivity contribution in [1.29, 1.82) is 0 Å². The summed E-state index contributed by atoms with van der Waals surface area (Å²) in [6.07, 6.45) is 1.80. The zero-order valence-electron chi connectivity index (χ0n) is 17.7. The maximum Gasteiger partial charge on any atom is 0.254 e. The Bertz CT molecular complexity index is 1200. The number of pyridine rings is 1. The molecule has 0 unspecified atom stereocenters. The average Bonchev–Trinajstić information content (AvgIpc) is 3.21. The number of benzene rings is 2. The van der Waals surface area contributed by atoms with Gasteiger partial charge in [0.1, 0.15) is 5.52 Å². The van der Waals surface area contributed by atoms with Gasteiger partial charge in [-0.25, -0.2) is 9.97 Å². The van der Waals surface area contributed by atoms with E-state index >= 15 is 0 Å². The fourth-order valence-corrected chi connectivity index (χ4v) is 4.75. The van der Waals surface area contributed by atoms with Gasteiger partial charge in [0.05, 0.1) is 19.8 Å². The van der Waals surface area contributed by atoms with Crippen molar-refractivity contribution in [3.63, 3.8) is 0 Å². The maximum absolute atomic E-state index is 12.7. The van der Waals surface area contributed by atoms with Crippen LogP contribution in [-0.4, -0.2) is 51.6 Å². The van der Waals surface area contributed by atoms with E-state index in [1.165, 1.54) is 5.56 Å².